The first kappa shape index (κ1) is 20.0. The van der Waals surface area contributed by atoms with Crippen LogP contribution in [0.5, 0.6) is 0 Å². The van der Waals surface area contributed by atoms with Crippen LogP contribution in [0.1, 0.15) is 5.56 Å². The minimum Gasteiger partial charge on any atom is -0.455 e. The molecule has 0 fully saturated rings. The Bertz CT molecular complexity index is 805. The molecule has 1 aromatic carbocycles. The van der Waals surface area contributed by atoms with Gasteiger partial charge in [0.25, 0.3) is 5.91 Å². The predicted molar refractivity (Wildman–Crippen MR) is 103 cm³/mol. The zero-order chi connectivity index (χ0) is 18.4. The summed E-state index contributed by atoms with van der Waals surface area (Å²) in [5.74, 6) is -0.755. The second-order valence-electron chi connectivity index (χ2n) is 4.89. The SMILES string of the molecule is Cc1cc(Br)ccc1SCC(=O)OCC(=O)Nc1ncc(Cl)cc1Cl. The molecule has 0 bridgehead atoms. The van der Waals surface area contributed by atoms with Gasteiger partial charge in [-0.15, -0.1) is 11.8 Å². The summed E-state index contributed by atoms with van der Waals surface area (Å²) in [6.45, 7) is 1.54. The largest absolute Gasteiger partial charge is 0.455 e. The van der Waals surface area contributed by atoms with Gasteiger partial charge in [-0.05, 0) is 36.8 Å². The van der Waals surface area contributed by atoms with Gasteiger partial charge in [0.2, 0.25) is 0 Å². The number of amides is 1. The third kappa shape index (κ3) is 6.51. The molecule has 0 saturated carbocycles. The van der Waals surface area contributed by atoms with Crippen molar-refractivity contribution >= 4 is 68.6 Å². The van der Waals surface area contributed by atoms with Crippen LogP contribution in [0.25, 0.3) is 0 Å². The molecule has 132 valence electrons. The number of carbonyl (C=O) groups excluding carboxylic acids is 2. The first-order valence-electron chi connectivity index (χ1n) is 7.00. The van der Waals surface area contributed by atoms with E-state index in [2.05, 4.69) is 26.2 Å². The summed E-state index contributed by atoms with van der Waals surface area (Å²) in [6.07, 6.45) is 1.35. The lowest BCUT2D eigenvalue weighted by atomic mass is 10.2. The van der Waals surface area contributed by atoms with Crippen LogP contribution in [0.2, 0.25) is 10.0 Å². The van der Waals surface area contributed by atoms with Crippen molar-refractivity contribution in [2.75, 3.05) is 17.7 Å². The smallest absolute Gasteiger partial charge is 0.316 e. The number of hydrogen-bond acceptors (Lipinski definition) is 5. The van der Waals surface area contributed by atoms with Crippen LogP contribution >= 0.6 is 50.9 Å². The highest BCUT2D eigenvalue weighted by molar-refractivity contribution is 9.10. The van der Waals surface area contributed by atoms with E-state index in [4.69, 9.17) is 27.9 Å². The quantitative estimate of drug-likeness (QED) is 0.495. The van der Waals surface area contributed by atoms with E-state index in [0.29, 0.717) is 5.02 Å². The number of benzene rings is 1. The average Bonchev–Trinajstić information content (AvgIpc) is 2.55. The second-order valence-corrected chi connectivity index (χ2v) is 7.67. The van der Waals surface area contributed by atoms with Crippen molar-refractivity contribution in [3.8, 4) is 0 Å². The number of carbonyl (C=O) groups is 2. The molecule has 25 heavy (non-hydrogen) atoms. The fourth-order valence-electron chi connectivity index (χ4n) is 1.77. The number of aryl methyl sites for hydroxylation is 1. The van der Waals surface area contributed by atoms with Gasteiger partial charge in [0.1, 0.15) is 0 Å². The van der Waals surface area contributed by atoms with Crippen LogP contribution in [0.3, 0.4) is 0 Å². The number of halogens is 3. The van der Waals surface area contributed by atoms with Crippen LogP contribution < -0.4 is 5.32 Å². The number of nitrogens with one attached hydrogen (secondary N) is 1. The third-order valence-corrected chi connectivity index (χ3v) is 5.05. The Kier molecular flexibility index (Phi) is 7.56. The lowest BCUT2D eigenvalue weighted by Gasteiger charge is -2.08. The molecule has 0 aliphatic rings. The van der Waals surface area contributed by atoms with Gasteiger partial charge in [-0.2, -0.15) is 0 Å². The van der Waals surface area contributed by atoms with Crippen LogP contribution in [0.15, 0.2) is 39.8 Å². The van der Waals surface area contributed by atoms with E-state index in [0.717, 1.165) is 14.9 Å². The summed E-state index contributed by atoms with van der Waals surface area (Å²) in [7, 11) is 0. The Balaban J connectivity index is 1.78. The van der Waals surface area contributed by atoms with Crippen molar-refractivity contribution in [1.82, 2.24) is 4.98 Å². The summed E-state index contributed by atoms with van der Waals surface area (Å²) in [4.78, 5) is 28.4. The molecule has 0 aliphatic heterocycles. The molecule has 0 radical (unpaired) electrons. The molecular formula is C16H13BrCl2N2O3S. The molecule has 0 saturated heterocycles. The molecule has 0 atom stereocenters. The fourth-order valence-corrected chi connectivity index (χ4v) is 3.48. The number of pyridine rings is 1. The van der Waals surface area contributed by atoms with Crippen molar-refractivity contribution < 1.29 is 14.3 Å². The number of rotatable bonds is 6. The summed E-state index contributed by atoms with van der Waals surface area (Å²) in [5, 5.41) is 3.01. The maximum atomic E-state index is 11.8. The average molecular weight is 464 g/mol. The summed E-state index contributed by atoms with van der Waals surface area (Å²) in [5.41, 5.74) is 1.05. The molecule has 1 heterocycles. The molecule has 2 aromatic rings. The Morgan fingerprint density at radius 2 is 2.08 bits per heavy atom. The van der Waals surface area contributed by atoms with Gasteiger partial charge in [0.15, 0.2) is 12.4 Å². The molecule has 1 amide bonds. The van der Waals surface area contributed by atoms with Crippen molar-refractivity contribution in [2.45, 2.75) is 11.8 Å². The molecule has 1 aromatic heterocycles. The van der Waals surface area contributed by atoms with Crippen molar-refractivity contribution in [3.63, 3.8) is 0 Å². The van der Waals surface area contributed by atoms with E-state index in [-0.39, 0.29) is 16.6 Å². The second kappa shape index (κ2) is 9.43. The maximum absolute atomic E-state index is 11.8. The Labute approximate surface area is 167 Å². The molecular weight excluding hydrogens is 451 g/mol. The van der Waals surface area contributed by atoms with E-state index in [1.807, 2.05) is 25.1 Å². The van der Waals surface area contributed by atoms with Crippen LogP contribution in [0, 0.1) is 6.92 Å². The maximum Gasteiger partial charge on any atom is 0.316 e. The molecule has 0 spiro atoms. The lowest BCUT2D eigenvalue weighted by molar-refractivity contribution is -0.144. The standard InChI is InChI=1S/C16H13BrCl2N2O3S/c1-9-4-10(17)2-3-13(9)25-8-15(23)24-7-14(22)21-16-12(19)5-11(18)6-20-16/h2-6H,7-8H2,1H3,(H,20,21,22). The Morgan fingerprint density at radius 1 is 1.32 bits per heavy atom. The first-order valence-corrected chi connectivity index (χ1v) is 9.54. The fraction of sp³-hybridized carbons (Fsp3) is 0.188. The summed E-state index contributed by atoms with van der Waals surface area (Å²) >= 11 is 16.4. The lowest BCUT2D eigenvalue weighted by Crippen LogP contribution is -2.22. The van der Waals surface area contributed by atoms with Crippen molar-refractivity contribution in [2.24, 2.45) is 0 Å². The van der Waals surface area contributed by atoms with Gasteiger partial charge < -0.3 is 10.1 Å². The minimum absolute atomic E-state index is 0.107. The highest BCUT2D eigenvalue weighted by Gasteiger charge is 2.12. The molecule has 9 heteroatoms. The number of nitrogens with zero attached hydrogens (tertiary/aromatic N) is 1. The topological polar surface area (TPSA) is 68.3 Å². The van der Waals surface area contributed by atoms with Gasteiger partial charge in [-0.25, -0.2) is 4.98 Å². The van der Waals surface area contributed by atoms with Gasteiger partial charge in [-0.3, -0.25) is 9.59 Å². The Hall–Kier alpha value is -1.28. The number of esters is 1. The first-order chi connectivity index (χ1) is 11.8. The van der Waals surface area contributed by atoms with Crippen LogP contribution in [0.4, 0.5) is 5.82 Å². The molecule has 5 nitrogen and oxygen atoms in total. The zero-order valence-electron chi connectivity index (χ0n) is 13.0. The van der Waals surface area contributed by atoms with Gasteiger partial charge in [0.05, 0.1) is 15.8 Å². The molecule has 0 unspecified atom stereocenters. The predicted octanol–water partition coefficient (Wildman–Crippen LogP) is 4.73. The number of anilines is 1. The van der Waals surface area contributed by atoms with Crippen LogP contribution in [-0.4, -0.2) is 29.2 Å². The summed E-state index contributed by atoms with van der Waals surface area (Å²) < 4.78 is 5.92. The minimum atomic E-state index is -0.533. The Morgan fingerprint density at radius 3 is 2.76 bits per heavy atom. The zero-order valence-corrected chi connectivity index (χ0v) is 16.9. The van der Waals surface area contributed by atoms with E-state index in [1.165, 1.54) is 24.0 Å². The van der Waals surface area contributed by atoms with E-state index in [1.54, 1.807) is 0 Å². The van der Waals surface area contributed by atoms with E-state index >= 15 is 0 Å². The summed E-state index contributed by atoms with van der Waals surface area (Å²) in [6, 6.07) is 7.23. The number of ether oxygens (including phenoxy) is 1. The van der Waals surface area contributed by atoms with Crippen molar-refractivity contribution in [3.05, 3.63) is 50.5 Å². The van der Waals surface area contributed by atoms with Gasteiger partial charge >= 0.3 is 5.97 Å². The third-order valence-electron chi connectivity index (χ3n) is 2.91. The van der Waals surface area contributed by atoms with E-state index in [9.17, 15) is 9.59 Å². The van der Waals surface area contributed by atoms with Gasteiger partial charge in [-0.1, -0.05) is 39.1 Å². The molecule has 2 rings (SSSR count). The number of aromatic nitrogens is 1. The normalized spacial score (nSPS) is 10.4. The number of thioether (sulfide) groups is 1. The van der Waals surface area contributed by atoms with Crippen molar-refractivity contribution in [1.29, 1.82) is 0 Å². The van der Waals surface area contributed by atoms with Crippen LogP contribution in [-0.2, 0) is 14.3 Å². The highest BCUT2D eigenvalue weighted by Crippen LogP contribution is 2.25. The number of hydrogen-bond donors (Lipinski definition) is 1. The van der Waals surface area contributed by atoms with E-state index < -0.39 is 18.5 Å². The molecule has 0 aliphatic carbocycles. The molecule has 1 N–H and O–H groups in total. The van der Waals surface area contributed by atoms with Gasteiger partial charge in [0, 0.05) is 15.6 Å². The highest BCUT2D eigenvalue weighted by atomic mass is 79.9. The monoisotopic (exact) mass is 462 g/mol.